The number of imide groups is 1. The number of nitrogens with zero attached hydrogens (tertiary/aromatic N) is 2. The average molecular weight is 575 g/mol. The van der Waals surface area contributed by atoms with E-state index in [1.165, 1.54) is 12.1 Å². The van der Waals surface area contributed by atoms with Crippen LogP contribution < -0.4 is 0 Å². The number of rotatable bonds is 5. The molecule has 1 saturated heterocycles. The summed E-state index contributed by atoms with van der Waals surface area (Å²) in [5.74, 6) is -3.95. The minimum Gasteiger partial charge on any atom is -0.292 e. The largest absolute Gasteiger partial charge is 0.292 e. The molecule has 4 aliphatic rings. The zero-order chi connectivity index (χ0) is 29.3. The SMILES string of the molecule is Cc1ccc(C(=O)[C@@H](C)N(C(=O)c2ccc(Cl)cc2)N2C(=O)[C@@H]3C4c5ccccc5C(c5ccccc54)[C@@H]3C2=O)cc1. The van der Waals surface area contributed by atoms with E-state index in [9.17, 15) is 19.2 Å². The van der Waals surface area contributed by atoms with Gasteiger partial charge in [0.25, 0.3) is 17.7 Å². The van der Waals surface area contributed by atoms with Crippen LogP contribution in [0.2, 0.25) is 5.02 Å². The second-order valence-corrected chi connectivity index (χ2v) is 11.8. The van der Waals surface area contributed by atoms with Crippen molar-refractivity contribution in [3.8, 4) is 0 Å². The Morgan fingerprint density at radius 1 is 0.690 bits per heavy atom. The van der Waals surface area contributed by atoms with Gasteiger partial charge in [-0.25, -0.2) is 5.01 Å². The summed E-state index contributed by atoms with van der Waals surface area (Å²) < 4.78 is 0. The van der Waals surface area contributed by atoms with Crippen LogP contribution in [0.15, 0.2) is 97.1 Å². The lowest BCUT2D eigenvalue weighted by atomic mass is 9.55. The number of hydrogen-bond donors (Lipinski definition) is 0. The molecule has 1 aliphatic heterocycles. The zero-order valence-electron chi connectivity index (χ0n) is 23.0. The molecule has 4 aromatic carbocycles. The van der Waals surface area contributed by atoms with Crippen molar-refractivity contribution < 1.29 is 19.2 Å². The molecule has 0 saturated carbocycles. The summed E-state index contributed by atoms with van der Waals surface area (Å²) in [6.45, 7) is 3.48. The number of hydrogen-bond acceptors (Lipinski definition) is 4. The van der Waals surface area contributed by atoms with E-state index in [0.717, 1.165) is 37.8 Å². The fourth-order valence-corrected chi connectivity index (χ4v) is 7.23. The van der Waals surface area contributed by atoms with E-state index in [-0.39, 0.29) is 23.2 Å². The Morgan fingerprint density at radius 3 is 1.57 bits per heavy atom. The molecule has 0 spiro atoms. The first-order valence-electron chi connectivity index (χ1n) is 14.0. The lowest BCUT2D eigenvalue weighted by molar-refractivity contribution is -0.156. The lowest BCUT2D eigenvalue weighted by Crippen LogP contribution is -2.56. The molecule has 42 heavy (non-hydrogen) atoms. The molecule has 0 radical (unpaired) electrons. The summed E-state index contributed by atoms with van der Waals surface area (Å²) in [4.78, 5) is 56.9. The highest BCUT2D eigenvalue weighted by Crippen LogP contribution is 2.61. The average Bonchev–Trinajstić information content (AvgIpc) is 3.27. The van der Waals surface area contributed by atoms with E-state index in [0.29, 0.717) is 10.6 Å². The van der Waals surface area contributed by atoms with Crippen molar-refractivity contribution >= 4 is 35.1 Å². The summed E-state index contributed by atoms with van der Waals surface area (Å²) in [6, 6.07) is 28.0. The fraction of sp³-hybridized carbons (Fsp3) is 0.200. The standard InChI is InChI=1S/C35H27ClN2O4/c1-19-11-13-21(14-12-19)32(39)20(2)37(33(40)22-15-17-23(36)18-16-22)38-34(41)30-28-24-7-3-4-8-25(24)29(31(30)35(38)42)27-10-6-5-9-26(27)28/h3-18,20,28-31H,1-2H3/t20-,28?,29?,30-,31+/m1/s1. The van der Waals surface area contributed by atoms with Gasteiger partial charge < -0.3 is 0 Å². The van der Waals surface area contributed by atoms with Crippen LogP contribution in [-0.2, 0) is 9.59 Å². The van der Waals surface area contributed by atoms with Crippen molar-refractivity contribution in [1.82, 2.24) is 10.0 Å². The number of benzene rings is 4. The predicted octanol–water partition coefficient (Wildman–Crippen LogP) is 6.17. The Morgan fingerprint density at radius 2 is 1.12 bits per heavy atom. The third-order valence-corrected chi connectivity index (χ3v) is 9.27. The van der Waals surface area contributed by atoms with Gasteiger partial charge in [0.2, 0.25) is 0 Å². The molecule has 3 aliphatic carbocycles. The molecule has 208 valence electrons. The minimum absolute atomic E-state index is 0.216. The first-order valence-corrected chi connectivity index (χ1v) is 14.4. The van der Waals surface area contributed by atoms with E-state index >= 15 is 0 Å². The molecule has 2 bridgehead atoms. The van der Waals surface area contributed by atoms with Crippen LogP contribution in [0, 0.1) is 18.8 Å². The van der Waals surface area contributed by atoms with Gasteiger partial charge in [0.15, 0.2) is 5.78 Å². The molecule has 3 atom stereocenters. The summed E-state index contributed by atoms with van der Waals surface area (Å²) in [5, 5.41) is 2.48. The Labute approximate surface area is 248 Å². The number of aryl methyl sites for hydroxylation is 1. The summed E-state index contributed by atoms with van der Waals surface area (Å²) in [5.41, 5.74) is 5.72. The van der Waals surface area contributed by atoms with Gasteiger partial charge in [-0.15, -0.1) is 0 Å². The Balaban J connectivity index is 1.35. The van der Waals surface area contributed by atoms with Gasteiger partial charge in [-0.2, -0.15) is 5.01 Å². The maximum atomic E-state index is 14.5. The monoisotopic (exact) mass is 574 g/mol. The van der Waals surface area contributed by atoms with Crippen molar-refractivity contribution in [2.45, 2.75) is 31.7 Å². The topological polar surface area (TPSA) is 74.8 Å². The van der Waals surface area contributed by atoms with E-state index in [4.69, 9.17) is 11.6 Å². The summed E-state index contributed by atoms with van der Waals surface area (Å²) >= 11 is 6.09. The van der Waals surface area contributed by atoms with Crippen LogP contribution >= 0.6 is 11.6 Å². The van der Waals surface area contributed by atoms with Gasteiger partial charge in [-0.1, -0.05) is 90.0 Å². The van der Waals surface area contributed by atoms with Crippen LogP contribution in [0.1, 0.15) is 67.3 Å². The van der Waals surface area contributed by atoms with Crippen LogP contribution in [0.5, 0.6) is 0 Å². The molecule has 1 fully saturated rings. The minimum atomic E-state index is -1.13. The highest BCUT2D eigenvalue weighted by atomic mass is 35.5. The summed E-state index contributed by atoms with van der Waals surface area (Å²) in [6.07, 6.45) is 0. The third kappa shape index (κ3) is 3.78. The van der Waals surface area contributed by atoms with Crippen molar-refractivity contribution in [3.05, 3.63) is 141 Å². The van der Waals surface area contributed by atoms with Crippen molar-refractivity contribution in [1.29, 1.82) is 0 Å². The molecule has 0 aromatic heterocycles. The molecular formula is C35H27ClN2O4. The Hall–Kier alpha value is -4.55. The quantitative estimate of drug-likeness (QED) is 0.211. The van der Waals surface area contributed by atoms with Gasteiger partial charge in [-0.3, -0.25) is 19.2 Å². The number of ketones is 1. The lowest BCUT2D eigenvalue weighted by Gasteiger charge is -2.45. The number of carbonyl (C=O) groups excluding carboxylic acids is 4. The number of hydrazine groups is 1. The number of halogens is 1. The Kier molecular flexibility index (Phi) is 6.13. The number of Topliss-reactive ketones (excluding diaryl/α,β-unsaturated/α-hetero) is 1. The van der Waals surface area contributed by atoms with Crippen molar-refractivity contribution in [2.75, 3.05) is 0 Å². The molecule has 0 unspecified atom stereocenters. The van der Waals surface area contributed by atoms with Gasteiger partial charge >= 0.3 is 0 Å². The smallest absolute Gasteiger partial charge is 0.273 e. The molecular weight excluding hydrogens is 548 g/mol. The van der Waals surface area contributed by atoms with Gasteiger partial charge in [0, 0.05) is 28.0 Å². The molecule has 7 heteroatoms. The maximum Gasteiger partial charge on any atom is 0.273 e. The van der Waals surface area contributed by atoms with Crippen molar-refractivity contribution in [2.24, 2.45) is 11.8 Å². The van der Waals surface area contributed by atoms with Crippen LogP contribution in [-0.4, -0.2) is 39.6 Å². The molecule has 6 nitrogen and oxygen atoms in total. The molecule has 4 aromatic rings. The number of amides is 3. The van der Waals surface area contributed by atoms with Crippen LogP contribution in [0.4, 0.5) is 0 Å². The maximum absolute atomic E-state index is 14.5. The van der Waals surface area contributed by atoms with E-state index in [2.05, 4.69) is 0 Å². The number of carbonyl (C=O) groups is 4. The van der Waals surface area contributed by atoms with Gasteiger partial charge in [0.1, 0.15) is 6.04 Å². The third-order valence-electron chi connectivity index (χ3n) is 9.02. The first-order chi connectivity index (χ1) is 20.3. The first kappa shape index (κ1) is 26.4. The normalized spacial score (nSPS) is 22.3. The Bertz CT molecular complexity index is 1670. The fourth-order valence-electron chi connectivity index (χ4n) is 7.11. The van der Waals surface area contributed by atoms with Gasteiger partial charge in [0.05, 0.1) is 11.8 Å². The second kappa shape index (κ2) is 9.78. The zero-order valence-corrected chi connectivity index (χ0v) is 23.8. The highest BCUT2D eigenvalue weighted by molar-refractivity contribution is 6.30. The van der Waals surface area contributed by atoms with Crippen LogP contribution in [0.25, 0.3) is 0 Å². The summed E-state index contributed by atoms with van der Waals surface area (Å²) in [7, 11) is 0. The molecule has 3 amide bonds. The van der Waals surface area contributed by atoms with Crippen LogP contribution in [0.3, 0.4) is 0 Å². The van der Waals surface area contributed by atoms with E-state index in [1.807, 2.05) is 67.6 Å². The molecule has 1 heterocycles. The molecule has 8 rings (SSSR count). The van der Waals surface area contributed by atoms with Gasteiger partial charge in [-0.05, 0) is 60.4 Å². The predicted molar refractivity (Wildman–Crippen MR) is 158 cm³/mol. The van der Waals surface area contributed by atoms with Crippen molar-refractivity contribution in [3.63, 3.8) is 0 Å². The molecule has 0 N–H and O–H groups in total. The highest BCUT2D eigenvalue weighted by Gasteiger charge is 2.63. The second-order valence-electron chi connectivity index (χ2n) is 11.3. The van der Waals surface area contributed by atoms with E-state index < -0.39 is 35.6 Å². The van der Waals surface area contributed by atoms with E-state index in [1.54, 1.807) is 31.2 Å².